The van der Waals surface area contributed by atoms with Crippen LogP contribution in [0.25, 0.3) is 11.2 Å². The van der Waals surface area contributed by atoms with Crippen molar-refractivity contribution in [2.24, 2.45) is 0 Å². The number of rotatable bonds is 2. The number of aromatic nitrogens is 3. The van der Waals surface area contributed by atoms with Gasteiger partial charge in [0, 0.05) is 12.7 Å². The summed E-state index contributed by atoms with van der Waals surface area (Å²) in [6.45, 7) is 4.93. The molecule has 0 saturated carbocycles. The van der Waals surface area contributed by atoms with E-state index in [1.165, 1.54) is 5.57 Å². The Balaban J connectivity index is 2.54. The van der Waals surface area contributed by atoms with Gasteiger partial charge >= 0.3 is 0 Å². The van der Waals surface area contributed by atoms with Gasteiger partial charge in [0.25, 0.3) is 0 Å². The highest BCUT2D eigenvalue weighted by Gasteiger charge is 2.02. The van der Waals surface area contributed by atoms with E-state index >= 15 is 0 Å². The number of nitrogens with zero attached hydrogens (tertiary/aromatic N) is 2. The number of fused-ring (bicyclic) bond motifs is 1. The predicted octanol–water partition coefficient (Wildman–Crippen LogP) is 3.06. The lowest BCUT2D eigenvalue weighted by molar-refractivity contribution is 0.817. The van der Waals surface area contributed by atoms with Crippen LogP contribution in [0.2, 0.25) is 0 Å². The summed E-state index contributed by atoms with van der Waals surface area (Å²) in [7, 11) is 0. The van der Waals surface area contributed by atoms with Crippen molar-refractivity contribution in [2.75, 3.05) is 0 Å². The van der Waals surface area contributed by atoms with E-state index < -0.39 is 0 Å². The lowest BCUT2D eigenvalue weighted by Gasteiger charge is -1.99. The quantitative estimate of drug-likeness (QED) is 0.622. The number of pyridine rings is 1. The third-order valence-corrected chi connectivity index (χ3v) is 2.53. The molecule has 2 heterocycles. The van der Waals surface area contributed by atoms with E-state index in [-0.39, 0.29) is 0 Å². The average molecular weight is 219 g/mol. The zero-order chi connectivity index (χ0) is 10.8. The van der Waals surface area contributed by atoms with Crippen LogP contribution in [0.15, 0.2) is 30.0 Å². The Hall–Kier alpha value is -1.42. The van der Waals surface area contributed by atoms with Gasteiger partial charge < -0.3 is 4.98 Å². The fourth-order valence-electron chi connectivity index (χ4n) is 1.43. The largest absolute Gasteiger partial charge is 0.329 e. The van der Waals surface area contributed by atoms with Crippen molar-refractivity contribution in [2.45, 2.75) is 20.4 Å². The minimum atomic E-state index is 0.723. The van der Waals surface area contributed by atoms with Crippen molar-refractivity contribution < 1.29 is 0 Å². The van der Waals surface area contributed by atoms with Gasteiger partial charge in [-0.25, -0.2) is 4.98 Å². The molecule has 0 saturated heterocycles. The lowest BCUT2D eigenvalue weighted by atomic mass is 10.3. The van der Waals surface area contributed by atoms with E-state index in [0.29, 0.717) is 0 Å². The summed E-state index contributed by atoms with van der Waals surface area (Å²) < 4.78 is 2.72. The molecule has 0 fully saturated rings. The van der Waals surface area contributed by atoms with E-state index in [0.717, 1.165) is 22.5 Å². The van der Waals surface area contributed by atoms with Crippen molar-refractivity contribution in [3.05, 3.63) is 34.7 Å². The highest BCUT2D eigenvalue weighted by molar-refractivity contribution is 7.71. The molecular formula is C11H13N3S. The molecule has 15 heavy (non-hydrogen) atoms. The summed E-state index contributed by atoms with van der Waals surface area (Å²) in [6, 6.07) is 3.88. The van der Waals surface area contributed by atoms with E-state index in [2.05, 4.69) is 29.9 Å². The number of allylic oxidation sites excluding steroid dienone is 2. The summed E-state index contributed by atoms with van der Waals surface area (Å²) in [5.74, 6) is 0. The second-order valence-corrected chi connectivity index (χ2v) is 4.08. The molecule has 0 bridgehead atoms. The lowest BCUT2D eigenvalue weighted by Crippen LogP contribution is -1.96. The standard InChI is InChI=1S/C11H13N3S/c1-8(2)5-7-14-10-9(13-11(14)15)4-3-6-12-10/h3-6H,7H2,1-2H3,(H,13,15). The second-order valence-electron chi connectivity index (χ2n) is 3.70. The minimum Gasteiger partial charge on any atom is -0.329 e. The molecule has 0 amide bonds. The first-order valence-corrected chi connectivity index (χ1v) is 5.26. The molecule has 0 spiro atoms. The molecule has 2 aromatic rings. The molecule has 0 aliphatic rings. The maximum Gasteiger partial charge on any atom is 0.179 e. The van der Waals surface area contributed by atoms with Crippen LogP contribution in [-0.2, 0) is 6.54 Å². The van der Waals surface area contributed by atoms with E-state index in [9.17, 15) is 0 Å². The van der Waals surface area contributed by atoms with Gasteiger partial charge in [0.15, 0.2) is 10.4 Å². The molecule has 0 atom stereocenters. The molecule has 2 aromatic heterocycles. The van der Waals surface area contributed by atoms with E-state index in [4.69, 9.17) is 12.2 Å². The number of hydrogen-bond acceptors (Lipinski definition) is 2. The number of nitrogens with one attached hydrogen (secondary N) is 1. The van der Waals surface area contributed by atoms with Crippen molar-refractivity contribution in [3.63, 3.8) is 0 Å². The number of hydrogen-bond donors (Lipinski definition) is 1. The number of aromatic amines is 1. The van der Waals surface area contributed by atoms with Crippen LogP contribution in [0.3, 0.4) is 0 Å². The highest BCUT2D eigenvalue weighted by Crippen LogP contribution is 2.10. The molecule has 0 aromatic carbocycles. The fraction of sp³-hybridized carbons (Fsp3) is 0.273. The SMILES string of the molecule is CC(C)=CCn1c(=S)[nH]c2cccnc21. The maximum absolute atomic E-state index is 5.24. The predicted molar refractivity (Wildman–Crippen MR) is 64.3 cm³/mol. The van der Waals surface area contributed by atoms with Crippen LogP contribution in [-0.4, -0.2) is 14.5 Å². The molecule has 0 aliphatic heterocycles. The number of H-pyrrole nitrogens is 1. The van der Waals surface area contributed by atoms with Crippen LogP contribution in [0.4, 0.5) is 0 Å². The monoisotopic (exact) mass is 219 g/mol. The topological polar surface area (TPSA) is 33.6 Å². The first-order valence-electron chi connectivity index (χ1n) is 4.85. The molecule has 0 radical (unpaired) electrons. The second kappa shape index (κ2) is 3.98. The first kappa shape index (κ1) is 10.1. The van der Waals surface area contributed by atoms with Gasteiger partial charge in [-0.2, -0.15) is 0 Å². The van der Waals surface area contributed by atoms with Crippen LogP contribution in [0.1, 0.15) is 13.8 Å². The van der Waals surface area contributed by atoms with Crippen LogP contribution >= 0.6 is 12.2 Å². The highest BCUT2D eigenvalue weighted by atomic mass is 32.1. The van der Waals surface area contributed by atoms with Crippen molar-refractivity contribution in [3.8, 4) is 0 Å². The third kappa shape index (κ3) is 1.99. The Morgan fingerprint density at radius 2 is 2.40 bits per heavy atom. The molecule has 78 valence electrons. The summed E-state index contributed by atoms with van der Waals surface area (Å²) in [6.07, 6.45) is 3.92. The molecule has 4 heteroatoms. The summed E-state index contributed by atoms with van der Waals surface area (Å²) in [4.78, 5) is 7.45. The third-order valence-electron chi connectivity index (χ3n) is 2.21. The van der Waals surface area contributed by atoms with Crippen LogP contribution < -0.4 is 0 Å². The van der Waals surface area contributed by atoms with Crippen LogP contribution in [0.5, 0.6) is 0 Å². The first-order chi connectivity index (χ1) is 7.18. The molecule has 1 N–H and O–H groups in total. The van der Waals surface area contributed by atoms with Gasteiger partial charge in [-0.05, 0) is 38.2 Å². The van der Waals surface area contributed by atoms with Gasteiger partial charge in [-0.3, -0.25) is 4.57 Å². The summed E-state index contributed by atoms with van der Waals surface area (Å²) in [5, 5.41) is 0. The Kier molecular flexibility index (Phi) is 2.68. The normalized spacial score (nSPS) is 10.5. The minimum absolute atomic E-state index is 0.723. The van der Waals surface area contributed by atoms with Gasteiger partial charge in [-0.15, -0.1) is 0 Å². The van der Waals surface area contributed by atoms with Gasteiger partial charge in [0.1, 0.15) is 0 Å². The smallest absolute Gasteiger partial charge is 0.179 e. The zero-order valence-electron chi connectivity index (χ0n) is 8.82. The molecule has 0 unspecified atom stereocenters. The van der Waals surface area contributed by atoms with Gasteiger partial charge in [-0.1, -0.05) is 11.6 Å². The summed E-state index contributed by atoms with van der Waals surface area (Å²) >= 11 is 5.24. The van der Waals surface area contributed by atoms with E-state index in [1.54, 1.807) is 6.20 Å². The Labute approximate surface area is 93.5 Å². The Morgan fingerprint density at radius 3 is 3.13 bits per heavy atom. The van der Waals surface area contributed by atoms with Crippen LogP contribution in [0, 0.1) is 4.77 Å². The van der Waals surface area contributed by atoms with Crippen molar-refractivity contribution in [1.29, 1.82) is 0 Å². The molecule has 3 nitrogen and oxygen atoms in total. The van der Waals surface area contributed by atoms with Gasteiger partial charge in [0.05, 0.1) is 5.52 Å². The Bertz CT molecular complexity index is 558. The molecule has 2 rings (SSSR count). The molecular weight excluding hydrogens is 206 g/mol. The van der Waals surface area contributed by atoms with Crippen molar-refractivity contribution in [1.82, 2.24) is 14.5 Å². The summed E-state index contributed by atoms with van der Waals surface area (Å²) in [5.41, 5.74) is 3.19. The zero-order valence-corrected chi connectivity index (χ0v) is 9.64. The number of imidazole rings is 1. The van der Waals surface area contributed by atoms with Crippen molar-refractivity contribution >= 4 is 23.4 Å². The van der Waals surface area contributed by atoms with E-state index in [1.807, 2.05) is 16.7 Å². The van der Waals surface area contributed by atoms with Gasteiger partial charge in [0.2, 0.25) is 0 Å². The Morgan fingerprint density at radius 1 is 1.60 bits per heavy atom. The maximum atomic E-state index is 5.24. The fourth-order valence-corrected chi connectivity index (χ4v) is 1.70. The average Bonchev–Trinajstić information content (AvgIpc) is 2.50. The molecule has 0 aliphatic carbocycles.